The second kappa shape index (κ2) is 5.76. The summed E-state index contributed by atoms with van der Waals surface area (Å²) in [5, 5.41) is 0. The summed E-state index contributed by atoms with van der Waals surface area (Å²) < 4.78 is 5.16. The van der Waals surface area contributed by atoms with E-state index < -0.39 is 0 Å². The van der Waals surface area contributed by atoms with Gasteiger partial charge in [0.05, 0.1) is 6.10 Å². The van der Waals surface area contributed by atoms with E-state index in [1.54, 1.807) is 0 Å². The molecule has 53 valence electrons. The van der Waals surface area contributed by atoms with Crippen molar-refractivity contribution in [2.75, 3.05) is 6.61 Å². The third-order valence-electron chi connectivity index (χ3n) is 0.874. The quantitative estimate of drug-likeness (QED) is 0.523. The maximum absolute atomic E-state index is 9.67. The zero-order valence-corrected chi connectivity index (χ0v) is 6.02. The maximum Gasteiger partial charge on any atom is 0.198 e. The van der Waals surface area contributed by atoms with Crippen LogP contribution in [0.25, 0.3) is 0 Å². The average Bonchev–Trinajstić information content (AvgIpc) is 1.80. The normalized spacial score (nSPS) is 10.1. The van der Waals surface area contributed by atoms with E-state index in [1.165, 1.54) is 0 Å². The van der Waals surface area contributed by atoms with Crippen LogP contribution in [0.5, 0.6) is 0 Å². The molecule has 0 heterocycles. The molecule has 0 aromatic carbocycles. The molecule has 0 N–H and O–H groups in total. The lowest BCUT2D eigenvalue weighted by Crippen LogP contribution is -2.03. The molecule has 0 unspecified atom stereocenters. The second-order valence-electron chi connectivity index (χ2n) is 2.17. The minimum Gasteiger partial charge on any atom is -0.379 e. The highest BCUT2D eigenvalue weighted by molar-refractivity contribution is 5.50. The number of unbranched alkanes of at least 4 members (excludes halogenated alkanes) is 1. The predicted molar refractivity (Wildman–Crippen MR) is 36.0 cm³/mol. The molecule has 0 aliphatic rings. The first-order chi connectivity index (χ1) is 4.27. The average molecular weight is 129 g/mol. The Morgan fingerprint density at radius 3 is 2.67 bits per heavy atom. The van der Waals surface area contributed by atoms with E-state index in [-0.39, 0.29) is 6.10 Å². The van der Waals surface area contributed by atoms with Crippen molar-refractivity contribution in [2.45, 2.75) is 32.8 Å². The van der Waals surface area contributed by atoms with E-state index in [2.05, 4.69) is 0 Å². The lowest BCUT2D eigenvalue weighted by atomic mass is 10.3. The highest BCUT2D eigenvalue weighted by Crippen LogP contribution is 1.91. The molecule has 0 spiro atoms. The maximum atomic E-state index is 9.67. The fraction of sp³-hybridized carbons (Fsp3) is 0.857. The molecule has 0 aromatic rings. The summed E-state index contributed by atoms with van der Waals surface area (Å²) >= 11 is 0. The van der Waals surface area contributed by atoms with E-state index in [4.69, 9.17) is 4.74 Å². The Labute approximate surface area is 56.2 Å². The molecule has 0 aliphatic carbocycles. The van der Waals surface area contributed by atoms with Crippen LogP contribution in [0.4, 0.5) is 0 Å². The zero-order valence-electron chi connectivity index (χ0n) is 6.02. The first-order valence-electron chi connectivity index (χ1n) is 3.24. The third kappa shape index (κ3) is 7.63. The predicted octanol–water partition coefficient (Wildman–Crippen LogP) is 1.30. The monoisotopic (exact) mass is 129 g/mol. The highest BCUT2D eigenvalue weighted by atomic mass is 16.5. The van der Waals surface area contributed by atoms with E-state index in [0.29, 0.717) is 13.0 Å². The molecule has 0 atom stereocenters. The largest absolute Gasteiger partial charge is 0.379 e. The number of hydrogen-bond acceptors (Lipinski definition) is 2. The zero-order chi connectivity index (χ0) is 7.11. The minimum atomic E-state index is 0.275. The van der Waals surface area contributed by atoms with Gasteiger partial charge in [-0.25, -0.2) is 0 Å². The smallest absolute Gasteiger partial charge is 0.198 e. The van der Waals surface area contributed by atoms with Crippen LogP contribution in [-0.2, 0) is 9.53 Å². The number of hydrogen-bond donors (Lipinski definition) is 0. The number of rotatable bonds is 5. The van der Waals surface area contributed by atoms with Gasteiger partial charge in [0.15, 0.2) is 6.29 Å². The topological polar surface area (TPSA) is 26.3 Å². The molecule has 0 fully saturated rings. The SMILES string of the molecule is CC(C)OCCC[C]=O. The summed E-state index contributed by atoms with van der Waals surface area (Å²) in [6, 6.07) is 0. The van der Waals surface area contributed by atoms with Gasteiger partial charge in [0.2, 0.25) is 0 Å². The molecule has 2 nitrogen and oxygen atoms in total. The van der Waals surface area contributed by atoms with Crippen molar-refractivity contribution in [3.05, 3.63) is 0 Å². The second-order valence-corrected chi connectivity index (χ2v) is 2.17. The van der Waals surface area contributed by atoms with Gasteiger partial charge in [0.1, 0.15) is 0 Å². The van der Waals surface area contributed by atoms with Crippen molar-refractivity contribution >= 4 is 6.29 Å². The molecule has 0 amide bonds. The van der Waals surface area contributed by atoms with E-state index in [9.17, 15) is 4.79 Å². The van der Waals surface area contributed by atoms with Crippen molar-refractivity contribution in [2.24, 2.45) is 0 Å². The molecular formula is C7H13O2. The van der Waals surface area contributed by atoms with Crippen molar-refractivity contribution in [1.29, 1.82) is 0 Å². The molecule has 0 bridgehead atoms. The standard InChI is InChI=1S/C7H13O2/c1-7(2)9-6-4-3-5-8/h7H,3-4,6H2,1-2H3. The highest BCUT2D eigenvalue weighted by Gasteiger charge is 1.91. The van der Waals surface area contributed by atoms with E-state index >= 15 is 0 Å². The van der Waals surface area contributed by atoms with Gasteiger partial charge in [-0.15, -0.1) is 0 Å². The summed E-state index contributed by atoms with van der Waals surface area (Å²) in [4.78, 5) is 9.67. The van der Waals surface area contributed by atoms with Gasteiger partial charge in [-0.2, -0.15) is 0 Å². The van der Waals surface area contributed by atoms with E-state index in [0.717, 1.165) is 6.42 Å². The molecular weight excluding hydrogens is 116 g/mol. The summed E-state index contributed by atoms with van der Waals surface area (Å²) in [5.74, 6) is 0. The summed E-state index contributed by atoms with van der Waals surface area (Å²) in [5.41, 5.74) is 0. The molecule has 0 rings (SSSR count). The molecule has 0 aliphatic heterocycles. The Hall–Kier alpha value is -0.370. The van der Waals surface area contributed by atoms with Gasteiger partial charge in [-0.05, 0) is 20.3 Å². The number of ether oxygens (including phenoxy) is 1. The fourth-order valence-electron chi connectivity index (χ4n) is 0.463. The van der Waals surface area contributed by atoms with Crippen molar-refractivity contribution in [1.82, 2.24) is 0 Å². The first kappa shape index (κ1) is 8.63. The molecule has 0 saturated heterocycles. The lowest BCUT2D eigenvalue weighted by molar-refractivity contribution is 0.0779. The van der Waals surface area contributed by atoms with E-state index in [1.807, 2.05) is 20.1 Å². The summed E-state index contributed by atoms with van der Waals surface area (Å²) in [6.45, 7) is 4.63. The van der Waals surface area contributed by atoms with Crippen LogP contribution in [0.3, 0.4) is 0 Å². The van der Waals surface area contributed by atoms with Crippen LogP contribution in [0, 0.1) is 0 Å². The van der Waals surface area contributed by atoms with Crippen molar-refractivity contribution < 1.29 is 9.53 Å². The Balaban J connectivity index is 2.82. The van der Waals surface area contributed by atoms with Crippen molar-refractivity contribution in [3.63, 3.8) is 0 Å². The molecule has 0 aromatic heterocycles. The van der Waals surface area contributed by atoms with Crippen LogP contribution in [-0.4, -0.2) is 19.0 Å². The van der Waals surface area contributed by atoms with Crippen LogP contribution in [0.15, 0.2) is 0 Å². The van der Waals surface area contributed by atoms with Crippen LogP contribution >= 0.6 is 0 Å². The van der Waals surface area contributed by atoms with Gasteiger partial charge < -0.3 is 4.74 Å². The Bertz CT molecular complexity index is 69.3. The van der Waals surface area contributed by atoms with Gasteiger partial charge in [-0.1, -0.05) is 0 Å². The first-order valence-corrected chi connectivity index (χ1v) is 3.24. The lowest BCUT2D eigenvalue weighted by Gasteiger charge is -2.04. The van der Waals surface area contributed by atoms with Crippen LogP contribution in [0.2, 0.25) is 0 Å². The Morgan fingerprint density at radius 2 is 2.22 bits per heavy atom. The summed E-state index contributed by atoms with van der Waals surface area (Å²) in [6.07, 6.45) is 3.37. The Kier molecular flexibility index (Phi) is 5.52. The van der Waals surface area contributed by atoms with Gasteiger partial charge in [0.25, 0.3) is 0 Å². The molecule has 0 saturated carbocycles. The van der Waals surface area contributed by atoms with Crippen molar-refractivity contribution in [3.8, 4) is 0 Å². The third-order valence-corrected chi connectivity index (χ3v) is 0.874. The Morgan fingerprint density at radius 1 is 1.56 bits per heavy atom. The van der Waals surface area contributed by atoms with Gasteiger partial charge in [0, 0.05) is 13.0 Å². The fourth-order valence-corrected chi connectivity index (χ4v) is 0.463. The van der Waals surface area contributed by atoms with Gasteiger partial charge >= 0.3 is 0 Å². The summed E-state index contributed by atoms with van der Waals surface area (Å²) in [7, 11) is 0. The van der Waals surface area contributed by atoms with Gasteiger partial charge in [-0.3, -0.25) is 4.79 Å². The van der Waals surface area contributed by atoms with Crippen LogP contribution < -0.4 is 0 Å². The number of carbonyl (C=O) groups excluding carboxylic acids is 1. The molecule has 2 heteroatoms. The van der Waals surface area contributed by atoms with Crippen LogP contribution in [0.1, 0.15) is 26.7 Å². The molecule has 9 heavy (non-hydrogen) atoms. The molecule has 1 radical (unpaired) electrons. The minimum absolute atomic E-state index is 0.275.